The van der Waals surface area contributed by atoms with Crippen LogP contribution in [-0.4, -0.2) is 0 Å². The van der Waals surface area contributed by atoms with E-state index in [1.165, 1.54) is 6.07 Å². The van der Waals surface area contributed by atoms with E-state index in [9.17, 15) is 39.5 Å². The Kier molecular flexibility index (Phi) is 5.83. The predicted molar refractivity (Wildman–Crippen MR) is 89.7 cm³/mol. The minimum atomic E-state index is -5.82. The van der Waals surface area contributed by atoms with Crippen molar-refractivity contribution in [2.45, 2.75) is 39.3 Å². The molecule has 0 aliphatic carbocycles. The van der Waals surface area contributed by atoms with Crippen molar-refractivity contribution < 1.29 is 39.5 Å². The molecule has 0 nitrogen and oxygen atoms in total. The normalized spacial score (nSPS) is 13.6. The summed E-state index contributed by atoms with van der Waals surface area (Å²) in [5.41, 5.74) is -5.16. The van der Waals surface area contributed by atoms with Crippen molar-refractivity contribution in [1.82, 2.24) is 0 Å². The maximum Gasteiger partial charge on any atom is 0.417 e. The molecule has 0 radical (unpaired) electrons. The summed E-state index contributed by atoms with van der Waals surface area (Å²) in [6.45, 7) is 5.07. The van der Waals surface area contributed by atoms with Crippen molar-refractivity contribution in [3.05, 3.63) is 57.6 Å². The van der Waals surface area contributed by atoms with Crippen LogP contribution in [-0.2, 0) is 18.5 Å². The number of aryl methyl sites for hydroxylation is 1. The molecule has 0 fully saturated rings. The smallest absolute Gasteiger partial charge is 0.166 e. The van der Waals surface area contributed by atoms with Crippen molar-refractivity contribution in [2.24, 2.45) is 0 Å². The van der Waals surface area contributed by atoms with Gasteiger partial charge in [0.25, 0.3) is 0 Å². The van der Waals surface area contributed by atoms with E-state index in [-0.39, 0.29) is 6.07 Å². The molecule has 0 spiro atoms. The van der Waals surface area contributed by atoms with E-state index in [0.717, 1.165) is 11.1 Å². The van der Waals surface area contributed by atoms with Crippen molar-refractivity contribution >= 4 is 19.2 Å². The average molecular weight is 432 g/mol. The van der Waals surface area contributed by atoms with Crippen LogP contribution in [0.3, 0.4) is 0 Å². The van der Waals surface area contributed by atoms with Gasteiger partial charge in [-0.25, -0.2) is 0 Å². The molecule has 0 heterocycles. The molecule has 0 saturated carbocycles. The number of benzene rings is 2. The Balaban J connectivity index is 2.81. The summed E-state index contributed by atoms with van der Waals surface area (Å²) in [5, 5.41) is -0.499. The Morgan fingerprint density at radius 2 is 1.07 bits per heavy atom. The molecule has 0 bridgehead atoms. The third-order valence-electron chi connectivity index (χ3n) is 4.41. The minimum Gasteiger partial charge on any atom is -0.166 e. The molecule has 0 aliphatic heterocycles. The molecular weight excluding hydrogens is 418 g/mol. The minimum absolute atomic E-state index is 0.0662. The summed E-state index contributed by atoms with van der Waals surface area (Å²) in [6.07, 6.45) is -17.0. The molecule has 2 aromatic rings. The van der Waals surface area contributed by atoms with Gasteiger partial charge in [0.2, 0.25) is 0 Å². The van der Waals surface area contributed by atoms with Crippen LogP contribution in [0.2, 0.25) is 0 Å². The van der Waals surface area contributed by atoms with Crippen molar-refractivity contribution in [3.63, 3.8) is 0 Å². The first-order chi connectivity index (χ1) is 12.5. The number of hydrogen-bond acceptors (Lipinski definition) is 0. The largest absolute Gasteiger partial charge is 0.417 e. The van der Waals surface area contributed by atoms with Crippen LogP contribution in [0.1, 0.15) is 33.4 Å². The monoisotopic (exact) mass is 432 g/mol. The van der Waals surface area contributed by atoms with Crippen molar-refractivity contribution in [2.75, 3.05) is 0 Å². The molecule has 154 valence electrons. The fourth-order valence-corrected chi connectivity index (χ4v) is 4.16. The maximum atomic E-state index is 13.5. The Morgan fingerprint density at radius 1 is 0.571 bits per heavy atom. The van der Waals surface area contributed by atoms with Crippen molar-refractivity contribution in [1.29, 1.82) is 0 Å². The molecule has 1 atom stereocenters. The lowest BCUT2D eigenvalue weighted by Crippen LogP contribution is -2.29. The lowest BCUT2D eigenvalue weighted by molar-refractivity contribution is -0.174. The molecule has 10 heteroatoms. The van der Waals surface area contributed by atoms with Crippen LogP contribution in [0.25, 0.3) is 0 Å². The molecule has 2 aromatic carbocycles. The van der Waals surface area contributed by atoms with Gasteiger partial charge in [0.1, 0.15) is 0 Å². The molecule has 28 heavy (non-hydrogen) atoms. The van der Waals surface area contributed by atoms with Crippen molar-refractivity contribution in [3.8, 4) is 0 Å². The van der Waals surface area contributed by atoms with Crippen LogP contribution in [0.4, 0.5) is 39.5 Å². The van der Waals surface area contributed by atoms with Crippen LogP contribution >= 0.6 is 8.58 Å². The van der Waals surface area contributed by atoms with E-state index in [0.29, 0.717) is 16.9 Å². The van der Waals surface area contributed by atoms with E-state index < -0.39 is 49.1 Å². The van der Waals surface area contributed by atoms with Gasteiger partial charge in [-0.05, 0) is 54.1 Å². The van der Waals surface area contributed by atoms with Gasteiger partial charge >= 0.3 is 18.5 Å². The van der Waals surface area contributed by atoms with Gasteiger partial charge in [-0.3, -0.25) is 0 Å². The van der Waals surface area contributed by atoms with Crippen LogP contribution in [0, 0.1) is 20.8 Å². The molecule has 0 amide bonds. The lowest BCUT2D eigenvalue weighted by Gasteiger charge is -2.24. The fraction of sp³-hybridized carbons (Fsp3) is 0.333. The zero-order chi connectivity index (χ0) is 21.7. The average Bonchev–Trinajstić information content (AvgIpc) is 2.52. The van der Waals surface area contributed by atoms with Crippen LogP contribution < -0.4 is 10.6 Å². The predicted octanol–water partition coefficient (Wildman–Crippen LogP) is 6.30. The summed E-state index contributed by atoms with van der Waals surface area (Å²) in [6, 6.07) is 3.62. The first kappa shape index (κ1) is 22.5. The summed E-state index contributed by atoms with van der Waals surface area (Å²) in [4.78, 5) is 0. The molecule has 0 saturated heterocycles. The van der Waals surface area contributed by atoms with Gasteiger partial charge < -0.3 is 0 Å². The highest BCUT2D eigenvalue weighted by Gasteiger charge is 2.51. The topological polar surface area (TPSA) is 0 Å². The summed E-state index contributed by atoms with van der Waals surface area (Å²) < 4.78 is 119. The van der Waals surface area contributed by atoms with Gasteiger partial charge in [-0.1, -0.05) is 26.8 Å². The number of alkyl halides is 9. The van der Waals surface area contributed by atoms with E-state index in [1.807, 2.05) is 0 Å². The van der Waals surface area contributed by atoms with Crippen LogP contribution in [0.5, 0.6) is 0 Å². The van der Waals surface area contributed by atoms with E-state index in [2.05, 4.69) is 0 Å². The molecule has 1 unspecified atom stereocenters. The molecule has 0 N–H and O–H groups in total. The SMILES string of the molecule is Cc1ccc(Pc2ccc(C(F)(F)F)c(C(F)(F)F)c2C(F)(F)F)c(C)c1C. The molecule has 0 aliphatic rings. The van der Waals surface area contributed by atoms with Crippen LogP contribution in [0.15, 0.2) is 24.3 Å². The third-order valence-corrected chi connectivity index (χ3v) is 5.90. The number of halogens is 9. The Hall–Kier alpha value is -1.76. The highest BCUT2D eigenvalue weighted by atomic mass is 31.1. The number of rotatable bonds is 2. The highest BCUT2D eigenvalue weighted by Crippen LogP contribution is 2.47. The second kappa shape index (κ2) is 7.25. The maximum absolute atomic E-state index is 13.5. The van der Waals surface area contributed by atoms with Gasteiger partial charge in [0, 0.05) is 0 Å². The summed E-state index contributed by atoms with van der Waals surface area (Å²) in [7, 11) is -0.891. The summed E-state index contributed by atoms with van der Waals surface area (Å²) >= 11 is 0. The Bertz CT molecular complexity index is 890. The van der Waals surface area contributed by atoms with Gasteiger partial charge in [0.05, 0.1) is 16.7 Å². The number of hydrogen-bond donors (Lipinski definition) is 0. The first-order valence-electron chi connectivity index (χ1n) is 7.77. The van der Waals surface area contributed by atoms with Gasteiger partial charge in [-0.15, -0.1) is 0 Å². The Morgan fingerprint density at radius 3 is 1.54 bits per heavy atom. The van der Waals surface area contributed by atoms with E-state index >= 15 is 0 Å². The third kappa shape index (κ3) is 4.45. The van der Waals surface area contributed by atoms with E-state index in [4.69, 9.17) is 0 Å². The lowest BCUT2D eigenvalue weighted by atomic mass is 9.99. The quantitative estimate of drug-likeness (QED) is 0.386. The first-order valence-corrected chi connectivity index (χ1v) is 8.77. The van der Waals surface area contributed by atoms with E-state index in [1.54, 1.807) is 26.8 Å². The fourth-order valence-electron chi connectivity index (χ4n) is 2.77. The summed E-state index contributed by atoms with van der Waals surface area (Å²) in [5.74, 6) is 0. The second-order valence-corrected chi connectivity index (χ2v) is 7.54. The molecule has 0 aromatic heterocycles. The highest BCUT2D eigenvalue weighted by molar-refractivity contribution is 7.55. The van der Waals surface area contributed by atoms with Gasteiger partial charge in [-0.2, -0.15) is 39.5 Å². The molecule has 2 rings (SSSR count). The second-order valence-electron chi connectivity index (χ2n) is 6.21. The van der Waals surface area contributed by atoms with Gasteiger partial charge in [0.15, 0.2) is 0 Å². The zero-order valence-corrected chi connectivity index (χ0v) is 15.7. The standard InChI is InChI=1S/C18H14F9P/c1-8-4-6-12(10(3)9(8)2)28-13-7-5-11(16(19,20)21)14(17(22,23)24)15(13)18(25,26)27/h4-7,28H,1-3H3. The molecular formula is C18H14F9P. The Labute approximate surface area is 156 Å². The zero-order valence-electron chi connectivity index (χ0n) is 14.7.